The molecule has 3 atom stereocenters. The normalized spacial score (nSPS) is 28.0. The molecule has 1 aliphatic heterocycles. The van der Waals surface area contributed by atoms with Crippen LogP contribution in [0.25, 0.3) is 11.2 Å². The summed E-state index contributed by atoms with van der Waals surface area (Å²) in [5.41, 5.74) is 6.85. The van der Waals surface area contributed by atoms with E-state index in [0.29, 0.717) is 23.4 Å². The summed E-state index contributed by atoms with van der Waals surface area (Å²) in [5, 5.41) is 10.0. The Morgan fingerprint density at radius 3 is 3.06 bits per heavy atom. The Labute approximate surface area is 104 Å². The number of nitrogens with zero attached hydrogens (tertiary/aromatic N) is 4. The summed E-state index contributed by atoms with van der Waals surface area (Å²) in [6.07, 6.45) is 3.54. The van der Waals surface area contributed by atoms with E-state index < -0.39 is 12.3 Å². The first-order valence-electron chi connectivity index (χ1n) is 5.97. The minimum absolute atomic E-state index is 0.0710. The van der Waals surface area contributed by atoms with Crippen molar-refractivity contribution < 1.29 is 9.84 Å². The van der Waals surface area contributed by atoms with Crippen LogP contribution in [-0.2, 0) is 4.74 Å². The number of fused-ring (bicyclic) bond motifs is 1. The molecule has 3 N–H and O–H groups in total. The molecule has 2 unspecified atom stereocenters. The third kappa shape index (κ3) is 1.63. The lowest BCUT2D eigenvalue weighted by atomic mass is 10.1. The topological polar surface area (TPSA) is 99.1 Å². The number of aromatic nitrogens is 4. The Kier molecular flexibility index (Phi) is 2.64. The summed E-state index contributed by atoms with van der Waals surface area (Å²) in [5.74, 6) is 0.332. The van der Waals surface area contributed by atoms with Gasteiger partial charge >= 0.3 is 0 Å². The van der Waals surface area contributed by atoms with Crippen molar-refractivity contribution in [1.29, 1.82) is 0 Å². The standard InChI is InChI=1S/C11H15N5O2/c1-2-6-3-7(17)11(18-6)16-5-15-8-9(12)13-4-14-10(8)16/h4-7,11,17H,2-3H2,1H3,(H2,12,13,14)/t6?,7?,11-/m1/s1. The van der Waals surface area contributed by atoms with Crippen LogP contribution in [0.2, 0.25) is 0 Å². The molecule has 7 nitrogen and oxygen atoms in total. The third-order valence-electron chi connectivity index (χ3n) is 3.28. The second kappa shape index (κ2) is 4.18. The fraction of sp³-hybridized carbons (Fsp3) is 0.545. The van der Waals surface area contributed by atoms with E-state index in [-0.39, 0.29) is 6.10 Å². The second-order valence-electron chi connectivity index (χ2n) is 4.44. The zero-order chi connectivity index (χ0) is 12.7. The molecule has 0 aliphatic carbocycles. The Hall–Kier alpha value is -1.73. The fourth-order valence-corrected chi connectivity index (χ4v) is 2.30. The van der Waals surface area contributed by atoms with Crippen molar-refractivity contribution in [2.75, 3.05) is 5.73 Å². The highest BCUT2D eigenvalue weighted by atomic mass is 16.5. The Balaban J connectivity index is 2.02. The molecular formula is C11H15N5O2. The highest BCUT2D eigenvalue weighted by Crippen LogP contribution is 2.32. The zero-order valence-electron chi connectivity index (χ0n) is 10.0. The van der Waals surface area contributed by atoms with Crippen LogP contribution in [0.3, 0.4) is 0 Å². The fourth-order valence-electron chi connectivity index (χ4n) is 2.30. The number of nitrogens with two attached hydrogens (primary N) is 1. The molecule has 3 rings (SSSR count). The molecule has 2 aromatic heterocycles. The lowest BCUT2D eigenvalue weighted by molar-refractivity contribution is -0.0355. The van der Waals surface area contributed by atoms with Gasteiger partial charge in [0.25, 0.3) is 0 Å². The van der Waals surface area contributed by atoms with Crippen LogP contribution in [0.1, 0.15) is 26.0 Å². The number of rotatable bonds is 2. The van der Waals surface area contributed by atoms with Gasteiger partial charge in [0.05, 0.1) is 12.4 Å². The van der Waals surface area contributed by atoms with E-state index >= 15 is 0 Å². The molecule has 0 radical (unpaired) electrons. The van der Waals surface area contributed by atoms with E-state index in [4.69, 9.17) is 10.5 Å². The molecule has 7 heteroatoms. The minimum atomic E-state index is -0.552. The lowest BCUT2D eigenvalue weighted by Gasteiger charge is -2.16. The first-order chi connectivity index (χ1) is 8.70. The Bertz CT molecular complexity index is 570. The van der Waals surface area contributed by atoms with Gasteiger partial charge in [0.2, 0.25) is 0 Å². The van der Waals surface area contributed by atoms with Crippen LogP contribution in [-0.4, -0.2) is 36.8 Å². The smallest absolute Gasteiger partial charge is 0.167 e. The van der Waals surface area contributed by atoms with Crippen molar-refractivity contribution in [2.45, 2.75) is 38.2 Å². The van der Waals surface area contributed by atoms with Crippen molar-refractivity contribution in [3.8, 4) is 0 Å². The predicted molar refractivity (Wildman–Crippen MR) is 64.6 cm³/mol. The maximum absolute atomic E-state index is 10.0. The number of ether oxygens (including phenoxy) is 1. The Morgan fingerprint density at radius 1 is 1.50 bits per heavy atom. The Morgan fingerprint density at radius 2 is 2.33 bits per heavy atom. The highest BCUT2D eigenvalue weighted by molar-refractivity contribution is 5.81. The number of nitrogen functional groups attached to an aromatic ring is 1. The van der Waals surface area contributed by atoms with Gasteiger partial charge in [-0.25, -0.2) is 15.0 Å². The number of imidazole rings is 1. The van der Waals surface area contributed by atoms with E-state index in [1.807, 2.05) is 6.92 Å². The molecule has 0 saturated carbocycles. The van der Waals surface area contributed by atoms with Crippen molar-refractivity contribution in [3.05, 3.63) is 12.7 Å². The van der Waals surface area contributed by atoms with Crippen LogP contribution in [0.4, 0.5) is 5.82 Å². The van der Waals surface area contributed by atoms with Gasteiger partial charge in [-0.15, -0.1) is 0 Å². The first-order valence-corrected chi connectivity index (χ1v) is 5.97. The lowest BCUT2D eigenvalue weighted by Crippen LogP contribution is -2.19. The van der Waals surface area contributed by atoms with Crippen molar-refractivity contribution in [3.63, 3.8) is 0 Å². The maximum Gasteiger partial charge on any atom is 0.167 e. The van der Waals surface area contributed by atoms with Crippen LogP contribution in [0.5, 0.6) is 0 Å². The molecule has 18 heavy (non-hydrogen) atoms. The average Bonchev–Trinajstić information content (AvgIpc) is 2.93. The minimum Gasteiger partial charge on any atom is -0.388 e. The van der Waals surface area contributed by atoms with Gasteiger partial charge in [-0.3, -0.25) is 4.57 Å². The highest BCUT2D eigenvalue weighted by Gasteiger charge is 2.35. The monoisotopic (exact) mass is 249 g/mol. The summed E-state index contributed by atoms with van der Waals surface area (Å²) in [7, 11) is 0. The number of aliphatic hydroxyl groups is 1. The number of aliphatic hydroxyl groups excluding tert-OH is 1. The van der Waals surface area contributed by atoms with Gasteiger partial charge in [-0.05, 0) is 6.42 Å². The zero-order valence-corrected chi connectivity index (χ0v) is 10.0. The van der Waals surface area contributed by atoms with Crippen LogP contribution in [0, 0.1) is 0 Å². The first kappa shape index (κ1) is 11.4. The van der Waals surface area contributed by atoms with Gasteiger partial charge in [0, 0.05) is 6.42 Å². The van der Waals surface area contributed by atoms with Gasteiger partial charge < -0.3 is 15.6 Å². The van der Waals surface area contributed by atoms with Gasteiger partial charge in [-0.2, -0.15) is 0 Å². The molecule has 0 spiro atoms. The van der Waals surface area contributed by atoms with Crippen LogP contribution in [0.15, 0.2) is 12.7 Å². The molecule has 0 bridgehead atoms. The second-order valence-corrected chi connectivity index (χ2v) is 4.44. The molecule has 96 valence electrons. The van der Waals surface area contributed by atoms with Gasteiger partial charge in [0.15, 0.2) is 17.7 Å². The van der Waals surface area contributed by atoms with Crippen molar-refractivity contribution >= 4 is 17.0 Å². The SMILES string of the molecule is CCC1CC(O)[C@H](n2cnc3c(N)ncnc32)O1. The largest absolute Gasteiger partial charge is 0.388 e. The third-order valence-corrected chi connectivity index (χ3v) is 3.28. The maximum atomic E-state index is 10.0. The molecule has 1 aliphatic rings. The number of hydrogen-bond acceptors (Lipinski definition) is 6. The van der Waals surface area contributed by atoms with E-state index in [2.05, 4.69) is 15.0 Å². The van der Waals surface area contributed by atoms with E-state index in [9.17, 15) is 5.11 Å². The van der Waals surface area contributed by atoms with Crippen LogP contribution < -0.4 is 5.73 Å². The summed E-state index contributed by atoms with van der Waals surface area (Å²) in [4.78, 5) is 12.2. The average molecular weight is 249 g/mol. The molecule has 1 saturated heterocycles. The molecule has 3 heterocycles. The number of anilines is 1. The van der Waals surface area contributed by atoms with Gasteiger partial charge in [-0.1, -0.05) is 6.92 Å². The van der Waals surface area contributed by atoms with Crippen molar-refractivity contribution in [2.24, 2.45) is 0 Å². The summed E-state index contributed by atoms with van der Waals surface area (Å²) in [6, 6.07) is 0. The van der Waals surface area contributed by atoms with Gasteiger partial charge in [0.1, 0.15) is 17.9 Å². The molecule has 0 amide bonds. The number of hydrogen-bond donors (Lipinski definition) is 2. The molecule has 1 fully saturated rings. The van der Waals surface area contributed by atoms with E-state index in [1.165, 1.54) is 6.33 Å². The molecular weight excluding hydrogens is 234 g/mol. The van der Waals surface area contributed by atoms with Crippen molar-refractivity contribution in [1.82, 2.24) is 19.5 Å². The summed E-state index contributed by atoms with van der Waals surface area (Å²) in [6.45, 7) is 2.03. The predicted octanol–water partition coefficient (Wildman–Crippen LogP) is 0.467. The molecule has 0 aromatic carbocycles. The summed E-state index contributed by atoms with van der Waals surface area (Å²) >= 11 is 0. The van der Waals surface area contributed by atoms with E-state index in [1.54, 1.807) is 10.9 Å². The quantitative estimate of drug-likeness (QED) is 0.802. The summed E-state index contributed by atoms with van der Waals surface area (Å²) < 4.78 is 7.50. The molecule has 2 aromatic rings. The van der Waals surface area contributed by atoms with E-state index in [0.717, 1.165) is 6.42 Å². The van der Waals surface area contributed by atoms with Crippen LogP contribution >= 0.6 is 0 Å².